The molecule has 0 amide bonds. The van der Waals surface area contributed by atoms with Crippen molar-refractivity contribution >= 4 is 21.5 Å². The number of nitrogens with one attached hydrogen (secondary N) is 1. The van der Waals surface area contributed by atoms with E-state index in [4.69, 9.17) is 0 Å². The van der Waals surface area contributed by atoms with Crippen LogP contribution in [0.4, 0.5) is 5.69 Å². The van der Waals surface area contributed by atoms with Gasteiger partial charge in [-0.15, -0.1) is 0 Å². The third-order valence-electron chi connectivity index (χ3n) is 6.04. The molecule has 1 aromatic heterocycles. The zero-order chi connectivity index (χ0) is 23.8. The minimum atomic E-state index is -3.92. The van der Waals surface area contributed by atoms with E-state index in [-0.39, 0.29) is 16.2 Å². The van der Waals surface area contributed by atoms with Gasteiger partial charge in [0.2, 0.25) is 0 Å². The highest BCUT2D eigenvalue weighted by atomic mass is 32.2. The lowest BCUT2D eigenvalue weighted by atomic mass is 9.89. The zero-order valence-electron chi connectivity index (χ0n) is 19.0. The van der Waals surface area contributed by atoms with Gasteiger partial charge in [-0.05, 0) is 75.8 Å². The van der Waals surface area contributed by atoms with Gasteiger partial charge in [-0.1, -0.05) is 24.3 Å². The van der Waals surface area contributed by atoms with E-state index in [0.29, 0.717) is 34.6 Å². The highest BCUT2D eigenvalue weighted by Gasteiger charge is 2.23. The van der Waals surface area contributed by atoms with Crippen LogP contribution in [0.25, 0.3) is 11.3 Å². The number of aromatic nitrogens is 2. The molecule has 0 spiro atoms. The molecule has 0 fully saturated rings. The summed E-state index contributed by atoms with van der Waals surface area (Å²) in [5.41, 5.74) is 4.33. The Morgan fingerprint density at radius 2 is 1.82 bits per heavy atom. The van der Waals surface area contributed by atoms with Gasteiger partial charge >= 0.3 is 0 Å². The zero-order valence-corrected chi connectivity index (χ0v) is 19.8. The summed E-state index contributed by atoms with van der Waals surface area (Å²) in [4.78, 5) is 24.6. The Morgan fingerprint density at radius 3 is 2.52 bits per heavy atom. The Kier molecular flexibility index (Phi) is 6.21. The van der Waals surface area contributed by atoms with E-state index in [0.717, 1.165) is 36.8 Å². The summed E-state index contributed by atoms with van der Waals surface area (Å²) < 4.78 is 30.6. The largest absolute Gasteiger partial charge is 0.295 e. The van der Waals surface area contributed by atoms with E-state index < -0.39 is 10.0 Å². The van der Waals surface area contributed by atoms with Gasteiger partial charge in [-0.25, -0.2) is 13.1 Å². The number of hydrogen-bond acceptors (Lipinski definition) is 5. The fraction of sp³-hybridized carbons (Fsp3) is 0.320. The van der Waals surface area contributed by atoms with E-state index in [9.17, 15) is 18.0 Å². The van der Waals surface area contributed by atoms with E-state index in [1.54, 1.807) is 37.3 Å². The molecule has 3 aromatic rings. The number of ketones is 1. The maximum Gasteiger partial charge on any atom is 0.270 e. The van der Waals surface area contributed by atoms with Crippen LogP contribution < -0.4 is 10.3 Å². The van der Waals surface area contributed by atoms with E-state index >= 15 is 0 Å². The number of fused-ring (bicyclic) bond motifs is 1. The summed E-state index contributed by atoms with van der Waals surface area (Å²) >= 11 is 0. The number of anilines is 1. The van der Waals surface area contributed by atoms with Crippen LogP contribution in [0.5, 0.6) is 0 Å². The van der Waals surface area contributed by atoms with Crippen LogP contribution in [-0.2, 0) is 29.4 Å². The summed E-state index contributed by atoms with van der Waals surface area (Å²) in [6, 6.07) is 11.6. The van der Waals surface area contributed by atoms with Crippen LogP contribution in [0.1, 0.15) is 53.7 Å². The number of nitrogens with zero attached hydrogens (tertiary/aromatic N) is 2. The highest BCUT2D eigenvalue weighted by molar-refractivity contribution is 7.92. The average Bonchev–Trinajstić information content (AvgIpc) is 2.80. The molecule has 0 radical (unpaired) electrons. The molecule has 0 atom stereocenters. The van der Waals surface area contributed by atoms with Crippen molar-refractivity contribution in [2.75, 3.05) is 4.72 Å². The fourth-order valence-corrected chi connectivity index (χ4v) is 5.60. The Labute approximate surface area is 193 Å². The van der Waals surface area contributed by atoms with Crippen molar-refractivity contribution in [1.29, 1.82) is 0 Å². The molecule has 33 heavy (non-hydrogen) atoms. The Bertz CT molecular complexity index is 1410. The topological polar surface area (TPSA) is 98.1 Å². The van der Waals surface area contributed by atoms with Crippen molar-refractivity contribution in [2.24, 2.45) is 0 Å². The molecule has 0 aliphatic heterocycles. The van der Waals surface area contributed by atoms with Crippen LogP contribution in [0.3, 0.4) is 0 Å². The summed E-state index contributed by atoms with van der Waals surface area (Å²) in [5.74, 6) is -0.142. The number of carbonyl (C=O) groups excluding carboxylic acids is 1. The summed E-state index contributed by atoms with van der Waals surface area (Å²) in [5, 5.41) is 4.59. The van der Waals surface area contributed by atoms with Crippen LogP contribution >= 0.6 is 0 Å². The second kappa shape index (κ2) is 8.94. The Balaban J connectivity index is 1.80. The van der Waals surface area contributed by atoms with Gasteiger partial charge in [-0.2, -0.15) is 5.10 Å². The number of rotatable bonds is 6. The van der Waals surface area contributed by atoms with Crippen LogP contribution in [0.15, 0.2) is 52.2 Å². The maximum atomic E-state index is 13.3. The second-order valence-electron chi connectivity index (χ2n) is 8.36. The fourth-order valence-electron chi connectivity index (χ4n) is 4.28. The van der Waals surface area contributed by atoms with Crippen molar-refractivity contribution in [2.45, 2.75) is 57.9 Å². The van der Waals surface area contributed by atoms with Crippen LogP contribution in [0, 0.1) is 6.92 Å². The molecule has 172 valence electrons. The van der Waals surface area contributed by atoms with E-state index in [1.807, 2.05) is 13.0 Å². The molecular weight excluding hydrogens is 438 g/mol. The number of hydrogen-bond donors (Lipinski definition) is 1. The molecule has 7 nitrogen and oxygen atoms in total. The van der Waals surface area contributed by atoms with Gasteiger partial charge in [-0.3, -0.25) is 14.3 Å². The van der Waals surface area contributed by atoms with Gasteiger partial charge < -0.3 is 0 Å². The molecule has 0 bridgehead atoms. The molecule has 1 N–H and O–H groups in total. The SMILES string of the molecule is CCn1nc(-c2ccc(C)c(S(=O)(=O)Nc3cccc(C(C)=O)c3)c2)c2c(c1=O)CCCC2. The molecular formula is C25H27N3O4S. The lowest BCUT2D eigenvalue weighted by Crippen LogP contribution is -2.30. The predicted octanol–water partition coefficient (Wildman–Crippen LogP) is 4.12. The molecule has 0 saturated carbocycles. The van der Waals surface area contributed by atoms with Crippen LogP contribution in [-0.4, -0.2) is 24.0 Å². The van der Waals surface area contributed by atoms with Crippen molar-refractivity contribution in [1.82, 2.24) is 9.78 Å². The quantitative estimate of drug-likeness (QED) is 0.552. The molecule has 1 aliphatic rings. The number of Topliss-reactive ketones (excluding diaryl/α,β-unsaturated/α-hetero) is 1. The molecule has 8 heteroatoms. The number of sulfonamides is 1. The monoisotopic (exact) mass is 465 g/mol. The minimum absolute atomic E-state index is 0.0528. The summed E-state index contributed by atoms with van der Waals surface area (Å²) in [6.07, 6.45) is 3.41. The van der Waals surface area contributed by atoms with Crippen molar-refractivity contribution in [3.8, 4) is 11.3 Å². The molecule has 0 saturated heterocycles. The highest BCUT2D eigenvalue weighted by Crippen LogP contribution is 2.31. The van der Waals surface area contributed by atoms with Gasteiger partial charge in [0.25, 0.3) is 15.6 Å². The summed E-state index contributed by atoms with van der Waals surface area (Å²) in [7, 11) is -3.92. The van der Waals surface area contributed by atoms with Crippen molar-refractivity contribution in [3.05, 3.63) is 75.1 Å². The average molecular weight is 466 g/mol. The van der Waals surface area contributed by atoms with E-state index in [1.165, 1.54) is 17.7 Å². The molecule has 4 rings (SSSR count). The molecule has 2 aromatic carbocycles. The third kappa shape index (κ3) is 4.48. The number of carbonyl (C=O) groups is 1. The smallest absolute Gasteiger partial charge is 0.270 e. The molecule has 1 aliphatic carbocycles. The first kappa shape index (κ1) is 22.9. The molecule has 1 heterocycles. The lowest BCUT2D eigenvalue weighted by molar-refractivity contribution is 0.101. The normalized spacial score (nSPS) is 13.4. The van der Waals surface area contributed by atoms with Crippen molar-refractivity contribution < 1.29 is 13.2 Å². The van der Waals surface area contributed by atoms with E-state index in [2.05, 4.69) is 9.82 Å². The first-order valence-corrected chi connectivity index (χ1v) is 12.6. The van der Waals surface area contributed by atoms with Crippen LogP contribution in [0.2, 0.25) is 0 Å². The number of benzene rings is 2. The summed E-state index contributed by atoms with van der Waals surface area (Å²) in [6.45, 7) is 5.49. The minimum Gasteiger partial charge on any atom is -0.295 e. The Hall–Kier alpha value is -3.26. The first-order chi connectivity index (χ1) is 15.7. The van der Waals surface area contributed by atoms with Gasteiger partial charge in [0.1, 0.15) is 0 Å². The number of aryl methyl sites for hydroxylation is 2. The molecule has 0 unspecified atom stereocenters. The predicted molar refractivity (Wildman–Crippen MR) is 128 cm³/mol. The third-order valence-corrected chi connectivity index (χ3v) is 7.56. The first-order valence-electron chi connectivity index (χ1n) is 11.1. The standard InChI is InChI=1S/C25H27N3O4S/c1-4-28-25(30)22-11-6-5-10-21(22)24(26-28)19-13-12-16(2)23(15-19)33(31,32)27-20-9-7-8-18(14-20)17(3)29/h7-9,12-15,27H,4-6,10-11H2,1-3H3. The van der Waals surface area contributed by atoms with Crippen molar-refractivity contribution in [3.63, 3.8) is 0 Å². The van der Waals surface area contributed by atoms with Gasteiger partial charge in [0.05, 0.1) is 10.6 Å². The lowest BCUT2D eigenvalue weighted by Gasteiger charge is -2.20. The second-order valence-corrected chi connectivity index (χ2v) is 10.0. The Morgan fingerprint density at radius 1 is 1.09 bits per heavy atom. The van der Waals surface area contributed by atoms with Gasteiger partial charge in [0.15, 0.2) is 5.78 Å². The maximum absolute atomic E-state index is 13.3. The van der Waals surface area contributed by atoms with Gasteiger partial charge in [0, 0.05) is 28.9 Å².